The highest BCUT2D eigenvalue weighted by atomic mass is 16.4. The minimum Gasteiger partial charge on any atom is -0.481 e. The van der Waals surface area contributed by atoms with Gasteiger partial charge in [-0.2, -0.15) is 0 Å². The van der Waals surface area contributed by atoms with Gasteiger partial charge in [-0.25, -0.2) is 0 Å². The van der Waals surface area contributed by atoms with Gasteiger partial charge in [0.2, 0.25) is 0 Å². The zero-order valence-electron chi connectivity index (χ0n) is 12.4. The number of nitrogens with zero attached hydrogens (tertiary/aromatic N) is 1. The second-order valence-electron chi connectivity index (χ2n) is 6.29. The van der Waals surface area contributed by atoms with Gasteiger partial charge < -0.3 is 5.11 Å². The Kier molecular flexibility index (Phi) is 6.13. The molecule has 0 aromatic carbocycles. The summed E-state index contributed by atoms with van der Waals surface area (Å²) < 4.78 is 0. The molecule has 3 unspecified atom stereocenters. The SMILES string of the molecule is CC1CCC(C)C(N(CCCC(=O)O)C(C)C)C1. The van der Waals surface area contributed by atoms with Gasteiger partial charge in [-0.1, -0.05) is 20.3 Å². The Morgan fingerprint density at radius 1 is 1.33 bits per heavy atom. The molecule has 0 aliphatic heterocycles. The molecule has 0 saturated heterocycles. The number of carbonyl (C=O) groups is 1. The van der Waals surface area contributed by atoms with E-state index in [1.54, 1.807) is 0 Å². The molecule has 0 bridgehead atoms. The van der Waals surface area contributed by atoms with Gasteiger partial charge in [-0.05, 0) is 51.5 Å². The zero-order valence-corrected chi connectivity index (χ0v) is 12.4. The third kappa shape index (κ3) is 4.60. The van der Waals surface area contributed by atoms with Crippen molar-refractivity contribution in [3.05, 3.63) is 0 Å². The molecule has 1 rings (SSSR count). The number of carboxylic acids is 1. The highest BCUT2D eigenvalue weighted by molar-refractivity contribution is 5.66. The van der Waals surface area contributed by atoms with E-state index in [4.69, 9.17) is 5.11 Å². The lowest BCUT2D eigenvalue weighted by Crippen LogP contribution is -2.47. The molecule has 3 nitrogen and oxygen atoms in total. The van der Waals surface area contributed by atoms with Crippen molar-refractivity contribution in [2.45, 2.75) is 71.9 Å². The average molecular weight is 255 g/mol. The molecule has 106 valence electrons. The number of rotatable bonds is 6. The van der Waals surface area contributed by atoms with E-state index in [1.165, 1.54) is 19.3 Å². The van der Waals surface area contributed by atoms with Gasteiger partial charge >= 0.3 is 5.97 Å². The molecular weight excluding hydrogens is 226 g/mol. The number of aliphatic carboxylic acids is 1. The molecule has 1 saturated carbocycles. The molecule has 3 heteroatoms. The van der Waals surface area contributed by atoms with Crippen LogP contribution in [0.1, 0.15) is 59.8 Å². The van der Waals surface area contributed by atoms with Crippen LogP contribution in [0.15, 0.2) is 0 Å². The maximum absolute atomic E-state index is 10.6. The van der Waals surface area contributed by atoms with Crippen LogP contribution in [0, 0.1) is 11.8 Å². The van der Waals surface area contributed by atoms with Crippen molar-refractivity contribution in [1.82, 2.24) is 4.90 Å². The quantitative estimate of drug-likeness (QED) is 0.791. The minimum atomic E-state index is -0.677. The Morgan fingerprint density at radius 3 is 2.56 bits per heavy atom. The summed E-state index contributed by atoms with van der Waals surface area (Å²) in [6.07, 6.45) is 4.99. The van der Waals surface area contributed by atoms with Gasteiger partial charge in [-0.15, -0.1) is 0 Å². The number of carboxylic acid groups (broad SMARTS) is 1. The largest absolute Gasteiger partial charge is 0.481 e. The van der Waals surface area contributed by atoms with Crippen LogP contribution in [0.3, 0.4) is 0 Å². The van der Waals surface area contributed by atoms with E-state index >= 15 is 0 Å². The van der Waals surface area contributed by atoms with Gasteiger partial charge in [0.1, 0.15) is 0 Å². The monoisotopic (exact) mass is 255 g/mol. The van der Waals surface area contributed by atoms with E-state index in [9.17, 15) is 4.79 Å². The van der Waals surface area contributed by atoms with Crippen molar-refractivity contribution in [3.63, 3.8) is 0 Å². The topological polar surface area (TPSA) is 40.5 Å². The summed E-state index contributed by atoms with van der Waals surface area (Å²) in [6, 6.07) is 1.15. The molecule has 0 amide bonds. The smallest absolute Gasteiger partial charge is 0.303 e. The Labute approximate surface area is 112 Å². The van der Waals surface area contributed by atoms with E-state index in [0.29, 0.717) is 18.5 Å². The van der Waals surface area contributed by atoms with Crippen molar-refractivity contribution in [2.24, 2.45) is 11.8 Å². The van der Waals surface area contributed by atoms with Gasteiger partial charge in [0.05, 0.1) is 0 Å². The Morgan fingerprint density at radius 2 is 2.00 bits per heavy atom. The minimum absolute atomic E-state index is 0.292. The molecule has 1 N–H and O–H groups in total. The predicted octanol–water partition coefficient (Wildman–Crippen LogP) is 3.39. The first-order valence-electron chi connectivity index (χ1n) is 7.39. The fourth-order valence-electron chi connectivity index (χ4n) is 3.18. The average Bonchev–Trinajstić information content (AvgIpc) is 2.27. The van der Waals surface area contributed by atoms with Crippen LogP contribution in [0.25, 0.3) is 0 Å². The van der Waals surface area contributed by atoms with Crippen LogP contribution in [0.5, 0.6) is 0 Å². The normalized spacial score (nSPS) is 28.9. The van der Waals surface area contributed by atoms with E-state index in [0.717, 1.165) is 24.8 Å². The molecule has 0 aromatic rings. The zero-order chi connectivity index (χ0) is 13.7. The van der Waals surface area contributed by atoms with E-state index in [1.807, 2.05) is 0 Å². The van der Waals surface area contributed by atoms with Crippen LogP contribution in [0.2, 0.25) is 0 Å². The van der Waals surface area contributed by atoms with Gasteiger partial charge in [-0.3, -0.25) is 9.69 Å². The summed E-state index contributed by atoms with van der Waals surface area (Å²) in [5.41, 5.74) is 0. The summed E-state index contributed by atoms with van der Waals surface area (Å²) in [7, 11) is 0. The van der Waals surface area contributed by atoms with E-state index in [-0.39, 0.29) is 0 Å². The summed E-state index contributed by atoms with van der Waals surface area (Å²) in [4.78, 5) is 13.2. The first-order valence-corrected chi connectivity index (χ1v) is 7.39. The molecule has 1 aliphatic carbocycles. The molecule has 0 heterocycles. The van der Waals surface area contributed by atoms with Crippen molar-refractivity contribution in [3.8, 4) is 0 Å². The molecule has 0 aromatic heterocycles. The van der Waals surface area contributed by atoms with Crippen LogP contribution >= 0.6 is 0 Å². The Balaban J connectivity index is 2.56. The van der Waals surface area contributed by atoms with Gasteiger partial charge in [0.15, 0.2) is 0 Å². The highest BCUT2D eigenvalue weighted by Crippen LogP contribution is 2.32. The van der Waals surface area contributed by atoms with E-state index < -0.39 is 5.97 Å². The van der Waals surface area contributed by atoms with Crippen LogP contribution in [-0.4, -0.2) is 34.6 Å². The maximum atomic E-state index is 10.6. The van der Waals surface area contributed by atoms with Gasteiger partial charge in [0.25, 0.3) is 0 Å². The third-order valence-electron chi connectivity index (χ3n) is 4.31. The van der Waals surface area contributed by atoms with Crippen molar-refractivity contribution in [2.75, 3.05) is 6.54 Å². The lowest BCUT2D eigenvalue weighted by atomic mass is 9.79. The Hall–Kier alpha value is -0.570. The van der Waals surface area contributed by atoms with E-state index in [2.05, 4.69) is 32.6 Å². The molecule has 0 spiro atoms. The second-order valence-corrected chi connectivity index (χ2v) is 6.29. The fourth-order valence-corrected chi connectivity index (χ4v) is 3.18. The second kappa shape index (κ2) is 7.13. The Bertz CT molecular complexity index is 265. The van der Waals surface area contributed by atoms with Crippen LogP contribution < -0.4 is 0 Å². The molecule has 18 heavy (non-hydrogen) atoms. The van der Waals surface area contributed by atoms with Crippen LogP contribution in [0.4, 0.5) is 0 Å². The summed E-state index contributed by atoms with van der Waals surface area (Å²) in [5, 5.41) is 8.75. The van der Waals surface area contributed by atoms with Crippen molar-refractivity contribution >= 4 is 5.97 Å². The van der Waals surface area contributed by atoms with Gasteiger partial charge in [0, 0.05) is 18.5 Å². The van der Waals surface area contributed by atoms with Crippen molar-refractivity contribution in [1.29, 1.82) is 0 Å². The fraction of sp³-hybridized carbons (Fsp3) is 0.933. The molecule has 1 aliphatic rings. The summed E-state index contributed by atoms with van der Waals surface area (Å²) in [6.45, 7) is 10.1. The first-order chi connectivity index (χ1) is 8.41. The number of hydrogen-bond acceptors (Lipinski definition) is 2. The maximum Gasteiger partial charge on any atom is 0.303 e. The lowest BCUT2D eigenvalue weighted by molar-refractivity contribution is -0.137. The highest BCUT2D eigenvalue weighted by Gasteiger charge is 2.31. The molecular formula is C15H29NO2. The lowest BCUT2D eigenvalue weighted by Gasteiger charge is -2.43. The molecule has 0 radical (unpaired) electrons. The van der Waals surface area contributed by atoms with Crippen molar-refractivity contribution < 1.29 is 9.90 Å². The summed E-state index contributed by atoms with van der Waals surface area (Å²) >= 11 is 0. The summed E-state index contributed by atoms with van der Waals surface area (Å²) in [5.74, 6) is 0.879. The standard InChI is InChI=1S/C15H29NO2/c1-11(2)16(9-5-6-15(17)18)14-10-12(3)7-8-13(14)4/h11-14H,5-10H2,1-4H3,(H,17,18). The number of hydrogen-bond donors (Lipinski definition) is 1. The first kappa shape index (κ1) is 15.5. The van der Waals surface area contributed by atoms with Crippen LogP contribution in [-0.2, 0) is 4.79 Å². The predicted molar refractivity (Wildman–Crippen MR) is 74.7 cm³/mol. The molecule has 3 atom stereocenters. The molecule has 1 fully saturated rings. The third-order valence-corrected chi connectivity index (χ3v) is 4.31.